The van der Waals surface area contributed by atoms with Crippen molar-refractivity contribution in [2.75, 3.05) is 20.1 Å². The summed E-state index contributed by atoms with van der Waals surface area (Å²) in [6, 6.07) is 0.217. The zero-order chi connectivity index (χ0) is 12.5. The molecule has 2 fully saturated rings. The van der Waals surface area contributed by atoms with E-state index in [1.807, 2.05) is 0 Å². The maximum absolute atomic E-state index is 12.5. The highest BCUT2D eigenvalue weighted by molar-refractivity contribution is 7.89. The smallest absolute Gasteiger partial charge is 0.218 e. The third-order valence-corrected chi connectivity index (χ3v) is 6.69. The quantitative estimate of drug-likeness (QED) is 0.829. The molecule has 3 unspecified atom stereocenters. The lowest BCUT2D eigenvalue weighted by molar-refractivity contribution is 0.212. The van der Waals surface area contributed by atoms with E-state index in [4.69, 9.17) is 0 Å². The fourth-order valence-corrected chi connectivity index (χ4v) is 5.05. The van der Waals surface area contributed by atoms with Crippen LogP contribution < -0.4 is 5.32 Å². The van der Waals surface area contributed by atoms with Crippen molar-refractivity contribution in [3.05, 3.63) is 0 Å². The largest absolute Gasteiger partial charge is 0.315 e. The van der Waals surface area contributed by atoms with E-state index in [0.717, 1.165) is 32.2 Å². The Hall–Kier alpha value is -0.130. The molecule has 1 heterocycles. The molecule has 1 N–H and O–H groups in total. The molecule has 0 aromatic rings. The van der Waals surface area contributed by atoms with Gasteiger partial charge in [-0.2, -0.15) is 0 Å². The van der Waals surface area contributed by atoms with Gasteiger partial charge in [-0.05, 0) is 31.7 Å². The summed E-state index contributed by atoms with van der Waals surface area (Å²) in [6.45, 7) is 3.63. The molecule has 100 valence electrons. The molecule has 0 bridgehead atoms. The van der Waals surface area contributed by atoms with Crippen LogP contribution in [0.25, 0.3) is 0 Å². The van der Waals surface area contributed by atoms with Crippen LogP contribution in [0.3, 0.4) is 0 Å². The Bertz CT molecular complexity index is 350. The first-order valence-electron chi connectivity index (χ1n) is 6.71. The summed E-state index contributed by atoms with van der Waals surface area (Å²) in [7, 11) is -1.32. The Morgan fingerprint density at radius 2 is 1.88 bits per heavy atom. The van der Waals surface area contributed by atoms with Crippen molar-refractivity contribution >= 4 is 10.0 Å². The average molecular weight is 260 g/mol. The minimum absolute atomic E-state index is 0.207. The molecule has 2 rings (SSSR count). The van der Waals surface area contributed by atoms with Crippen LogP contribution in [0.5, 0.6) is 0 Å². The van der Waals surface area contributed by atoms with Crippen LogP contribution in [-0.2, 0) is 10.0 Å². The molecular formula is C12H24N2O2S. The van der Waals surface area contributed by atoms with Crippen molar-refractivity contribution in [3.8, 4) is 0 Å². The first-order valence-corrected chi connectivity index (χ1v) is 8.21. The maximum Gasteiger partial charge on any atom is 0.218 e. The number of hydrogen-bond acceptors (Lipinski definition) is 3. The Morgan fingerprint density at radius 1 is 1.18 bits per heavy atom. The fraction of sp³-hybridized carbons (Fsp3) is 1.00. The second kappa shape index (κ2) is 5.24. The van der Waals surface area contributed by atoms with Gasteiger partial charge in [-0.25, -0.2) is 12.7 Å². The van der Waals surface area contributed by atoms with Gasteiger partial charge in [0.2, 0.25) is 10.0 Å². The zero-order valence-corrected chi connectivity index (χ0v) is 11.7. The molecule has 3 atom stereocenters. The molecule has 1 aliphatic carbocycles. The van der Waals surface area contributed by atoms with Gasteiger partial charge in [-0.3, -0.25) is 0 Å². The molecule has 1 saturated carbocycles. The number of sulfonamides is 1. The van der Waals surface area contributed by atoms with Crippen LogP contribution >= 0.6 is 0 Å². The van der Waals surface area contributed by atoms with E-state index in [2.05, 4.69) is 12.2 Å². The second-order valence-electron chi connectivity index (χ2n) is 5.51. The molecule has 2 aliphatic rings. The van der Waals surface area contributed by atoms with Gasteiger partial charge in [0.25, 0.3) is 0 Å². The monoisotopic (exact) mass is 260 g/mol. The molecular weight excluding hydrogens is 236 g/mol. The van der Waals surface area contributed by atoms with E-state index in [9.17, 15) is 8.42 Å². The lowest BCUT2D eigenvalue weighted by atomic mass is 9.86. The van der Waals surface area contributed by atoms with E-state index in [-0.39, 0.29) is 11.3 Å². The summed E-state index contributed by atoms with van der Waals surface area (Å²) < 4.78 is 26.6. The lowest BCUT2D eigenvalue weighted by Gasteiger charge is -2.36. The summed E-state index contributed by atoms with van der Waals surface area (Å²) in [5.74, 6) is 0.498. The molecule has 0 amide bonds. The topological polar surface area (TPSA) is 49.4 Å². The van der Waals surface area contributed by atoms with Gasteiger partial charge in [0.15, 0.2) is 0 Å². The Labute approximate surface area is 105 Å². The van der Waals surface area contributed by atoms with Gasteiger partial charge in [0.1, 0.15) is 0 Å². The van der Waals surface area contributed by atoms with E-state index >= 15 is 0 Å². The fourth-order valence-electron chi connectivity index (χ4n) is 3.14. The molecule has 0 radical (unpaired) electrons. The number of nitrogens with zero attached hydrogens (tertiary/aromatic N) is 1. The molecule has 4 nitrogen and oxygen atoms in total. The normalized spacial score (nSPS) is 35.4. The van der Waals surface area contributed by atoms with Gasteiger partial charge in [-0.15, -0.1) is 0 Å². The van der Waals surface area contributed by atoms with Gasteiger partial charge < -0.3 is 5.32 Å². The predicted molar refractivity (Wildman–Crippen MR) is 69.4 cm³/mol. The summed E-state index contributed by atoms with van der Waals surface area (Å²) >= 11 is 0. The van der Waals surface area contributed by atoms with E-state index < -0.39 is 10.0 Å². The van der Waals surface area contributed by atoms with Crippen molar-refractivity contribution in [1.82, 2.24) is 9.62 Å². The number of hydrogen-bond donors (Lipinski definition) is 1. The summed E-state index contributed by atoms with van der Waals surface area (Å²) in [5, 5.41) is 2.93. The van der Waals surface area contributed by atoms with E-state index in [0.29, 0.717) is 12.5 Å². The SMILES string of the molecule is CC1CCCCC1N(C)S(=O)(=O)C1CCNC1. The predicted octanol–water partition coefficient (Wildman–Crippen LogP) is 1.19. The number of nitrogens with one attached hydrogen (secondary N) is 1. The highest BCUT2D eigenvalue weighted by atomic mass is 32.2. The van der Waals surface area contributed by atoms with Crippen LogP contribution in [-0.4, -0.2) is 44.2 Å². The molecule has 0 aromatic carbocycles. The third kappa shape index (κ3) is 2.66. The standard InChI is InChI=1S/C12H24N2O2S/c1-10-5-3-4-6-12(10)14(2)17(15,16)11-7-8-13-9-11/h10-13H,3-9H2,1-2H3. The van der Waals surface area contributed by atoms with Gasteiger partial charge in [0, 0.05) is 19.6 Å². The highest BCUT2D eigenvalue weighted by Gasteiger charge is 2.37. The highest BCUT2D eigenvalue weighted by Crippen LogP contribution is 2.30. The summed E-state index contributed by atoms with van der Waals surface area (Å²) in [4.78, 5) is 0. The van der Waals surface area contributed by atoms with Crippen LogP contribution in [0.2, 0.25) is 0 Å². The second-order valence-corrected chi connectivity index (χ2v) is 7.78. The van der Waals surface area contributed by atoms with E-state index in [1.165, 1.54) is 6.42 Å². The first kappa shape index (κ1) is 13.3. The Kier molecular flexibility index (Phi) is 4.10. The van der Waals surface area contributed by atoms with Crippen LogP contribution in [0, 0.1) is 5.92 Å². The lowest BCUT2D eigenvalue weighted by Crippen LogP contribution is -2.46. The summed E-state index contributed by atoms with van der Waals surface area (Å²) in [5.41, 5.74) is 0. The minimum atomic E-state index is -3.10. The Morgan fingerprint density at radius 3 is 2.47 bits per heavy atom. The zero-order valence-electron chi connectivity index (χ0n) is 10.9. The minimum Gasteiger partial charge on any atom is -0.315 e. The van der Waals surface area contributed by atoms with Gasteiger partial charge >= 0.3 is 0 Å². The van der Waals surface area contributed by atoms with Crippen LogP contribution in [0.15, 0.2) is 0 Å². The van der Waals surface area contributed by atoms with Gasteiger partial charge in [0.05, 0.1) is 5.25 Å². The Balaban J connectivity index is 2.09. The van der Waals surface area contributed by atoms with E-state index in [1.54, 1.807) is 11.4 Å². The van der Waals surface area contributed by atoms with Crippen LogP contribution in [0.1, 0.15) is 39.0 Å². The summed E-state index contributed by atoms with van der Waals surface area (Å²) in [6.07, 6.45) is 5.35. The molecule has 1 saturated heterocycles. The molecule has 5 heteroatoms. The van der Waals surface area contributed by atoms with Crippen molar-refractivity contribution in [1.29, 1.82) is 0 Å². The molecule has 0 aromatic heterocycles. The molecule has 17 heavy (non-hydrogen) atoms. The van der Waals surface area contributed by atoms with Crippen LogP contribution in [0.4, 0.5) is 0 Å². The maximum atomic E-state index is 12.5. The van der Waals surface area contributed by atoms with Crippen molar-refractivity contribution in [3.63, 3.8) is 0 Å². The average Bonchev–Trinajstić information content (AvgIpc) is 2.83. The van der Waals surface area contributed by atoms with Crippen molar-refractivity contribution in [2.24, 2.45) is 5.92 Å². The molecule has 0 spiro atoms. The number of rotatable bonds is 3. The van der Waals surface area contributed by atoms with Crippen molar-refractivity contribution < 1.29 is 8.42 Å². The first-order chi connectivity index (χ1) is 8.03. The van der Waals surface area contributed by atoms with Gasteiger partial charge in [-0.1, -0.05) is 19.8 Å². The van der Waals surface area contributed by atoms with Crippen molar-refractivity contribution in [2.45, 2.75) is 50.3 Å². The third-order valence-electron chi connectivity index (χ3n) is 4.37. The molecule has 1 aliphatic heterocycles.